The maximum atomic E-state index is 13.0. The number of sulfonamides is 1. The van der Waals surface area contributed by atoms with Crippen LogP contribution < -0.4 is 4.90 Å². The lowest BCUT2D eigenvalue weighted by atomic mass is 10.2. The Kier molecular flexibility index (Phi) is 4.83. The van der Waals surface area contributed by atoms with Gasteiger partial charge in [0.1, 0.15) is 5.82 Å². The molecule has 3 aromatic rings. The lowest BCUT2D eigenvalue weighted by Gasteiger charge is -2.34. The summed E-state index contributed by atoms with van der Waals surface area (Å²) in [7, 11) is -3.74. The normalized spacial score (nSPS) is 16.0. The van der Waals surface area contributed by atoms with E-state index >= 15 is 0 Å². The van der Waals surface area contributed by atoms with Gasteiger partial charge in [0, 0.05) is 26.2 Å². The average Bonchev–Trinajstić information content (AvgIpc) is 3.17. The number of aromatic nitrogens is 4. The molecule has 0 unspecified atom stereocenters. The lowest BCUT2D eigenvalue weighted by molar-refractivity contribution is -0.146. The van der Waals surface area contributed by atoms with E-state index in [1.807, 2.05) is 6.07 Å². The molecule has 0 N–H and O–H groups in total. The van der Waals surface area contributed by atoms with Gasteiger partial charge in [-0.3, -0.25) is 0 Å². The number of nitrogens with zero attached hydrogens (tertiary/aromatic N) is 7. The SMILES string of the molecule is N#Cc1ccc(S(=O)(=O)N2CCN(c3ccc4nnc(C(F)(F)F)n4n3)CC2)cc1. The number of hydrogen-bond donors (Lipinski definition) is 0. The Morgan fingerprint density at radius 2 is 1.63 bits per heavy atom. The van der Waals surface area contributed by atoms with Crippen molar-refractivity contribution >= 4 is 21.5 Å². The van der Waals surface area contributed by atoms with Crippen molar-refractivity contribution in [2.45, 2.75) is 11.1 Å². The zero-order valence-electron chi connectivity index (χ0n) is 15.3. The molecule has 1 aromatic carbocycles. The Balaban J connectivity index is 1.52. The average molecular weight is 437 g/mol. The van der Waals surface area contributed by atoms with Crippen LogP contribution in [0.2, 0.25) is 0 Å². The third-order valence-corrected chi connectivity index (χ3v) is 6.60. The Bertz CT molecular complexity index is 1220. The molecule has 1 aliphatic rings. The molecule has 13 heteroatoms. The van der Waals surface area contributed by atoms with Crippen LogP contribution in [0.25, 0.3) is 5.65 Å². The Morgan fingerprint density at radius 1 is 0.967 bits per heavy atom. The van der Waals surface area contributed by atoms with Gasteiger partial charge in [-0.15, -0.1) is 15.3 Å². The first-order chi connectivity index (χ1) is 14.2. The summed E-state index contributed by atoms with van der Waals surface area (Å²) >= 11 is 0. The molecule has 0 atom stereocenters. The second kappa shape index (κ2) is 7.22. The fraction of sp³-hybridized carbons (Fsp3) is 0.294. The van der Waals surface area contributed by atoms with Gasteiger partial charge in [-0.25, -0.2) is 8.42 Å². The van der Waals surface area contributed by atoms with Gasteiger partial charge in [0.2, 0.25) is 10.0 Å². The first-order valence-corrected chi connectivity index (χ1v) is 10.2. The number of piperazine rings is 1. The standard InChI is InChI=1S/C17H14F3N7O2S/c18-17(19,20)16-23-22-14-5-6-15(24-27(14)16)25-7-9-26(10-8-25)30(28,29)13-3-1-12(11-21)2-4-13/h1-6H,7-10H2. The van der Waals surface area contributed by atoms with Crippen molar-refractivity contribution < 1.29 is 21.6 Å². The predicted octanol–water partition coefficient (Wildman–Crippen LogP) is 1.53. The van der Waals surface area contributed by atoms with Gasteiger partial charge in [0.05, 0.1) is 16.5 Å². The molecule has 3 heterocycles. The molecule has 156 valence electrons. The van der Waals surface area contributed by atoms with Crippen LogP contribution in [-0.2, 0) is 16.2 Å². The third-order valence-electron chi connectivity index (χ3n) is 4.69. The summed E-state index contributed by atoms with van der Waals surface area (Å²) in [5.41, 5.74) is 0.320. The van der Waals surface area contributed by atoms with E-state index in [0.717, 1.165) is 0 Å². The van der Waals surface area contributed by atoms with Crippen LogP contribution in [0, 0.1) is 11.3 Å². The van der Waals surface area contributed by atoms with Gasteiger partial charge in [-0.2, -0.15) is 27.3 Å². The lowest BCUT2D eigenvalue weighted by Crippen LogP contribution is -2.49. The maximum Gasteiger partial charge on any atom is 0.453 e. The molecule has 0 bridgehead atoms. The van der Waals surface area contributed by atoms with Gasteiger partial charge in [-0.1, -0.05) is 0 Å². The number of rotatable bonds is 3. The van der Waals surface area contributed by atoms with E-state index in [4.69, 9.17) is 5.26 Å². The number of hydrogen-bond acceptors (Lipinski definition) is 7. The Labute approximate surface area is 169 Å². The molecule has 1 fully saturated rings. The highest BCUT2D eigenvalue weighted by molar-refractivity contribution is 7.89. The zero-order chi connectivity index (χ0) is 21.5. The van der Waals surface area contributed by atoms with E-state index in [1.54, 1.807) is 4.90 Å². The second-order valence-electron chi connectivity index (χ2n) is 6.51. The van der Waals surface area contributed by atoms with Gasteiger partial charge in [0.15, 0.2) is 5.65 Å². The minimum atomic E-state index is -4.70. The number of alkyl halides is 3. The van der Waals surface area contributed by atoms with Crippen LogP contribution in [0.3, 0.4) is 0 Å². The first kappa shape index (κ1) is 20.0. The molecule has 0 spiro atoms. The molecule has 9 nitrogen and oxygen atoms in total. The minimum absolute atomic E-state index is 0.0342. The van der Waals surface area contributed by atoms with Gasteiger partial charge in [-0.05, 0) is 36.4 Å². The number of halogens is 3. The molecule has 2 aromatic heterocycles. The highest BCUT2D eigenvalue weighted by Gasteiger charge is 2.38. The molecule has 4 rings (SSSR count). The molecular formula is C17H14F3N7O2S. The van der Waals surface area contributed by atoms with Crippen molar-refractivity contribution in [3.63, 3.8) is 0 Å². The van der Waals surface area contributed by atoms with Gasteiger partial charge >= 0.3 is 6.18 Å². The Morgan fingerprint density at radius 3 is 2.23 bits per heavy atom. The first-order valence-electron chi connectivity index (χ1n) is 8.75. The Hall–Kier alpha value is -3.24. The van der Waals surface area contributed by atoms with Crippen LogP contribution in [0.4, 0.5) is 19.0 Å². The smallest absolute Gasteiger partial charge is 0.353 e. The van der Waals surface area contributed by atoms with Crippen LogP contribution in [-0.4, -0.2) is 58.7 Å². The molecule has 0 amide bonds. The third kappa shape index (κ3) is 3.55. The van der Waals surface area contributed by atoms with Crippen molar-refractivity contribution in [3.05, 3.63) is 47.8 Å². The van der Waals surface area contributed by atoms with Crippen molar-refractivity contribution in [3.8, 4) is 6.07 Å². The van der Waals surface area contributed by atoms with Crippen molar-refractivity contribution in [2.24, 2.45) is 0 Å². The monoisotopic (exact) mass is 437 g/mol. The highest BCUT2D eigenvalue weighted by Crippen LogP contribution is 2.28. The van der Waals surface area contributed by atoms with Gasteiger partial charge in [0.25, 0.3) is 5.82 Å². The van der Waals surface area contributed by atoms with Crippen LogP contribution in [0.5, 0.6) is 0 Å². The summed E-state index contributed by atoms with van der Waals surface area (Å²) in [4.78, 5) is 1.78. The van der Waals surface area contributed by atoms with E-state index < -0.39 is 22.0 Å². The molecular weight excluding hydrogens is 423 g/mol. The molecule has 0 aliphatic carbocycles. The number of fused-ring (bicyclic) bond motifs is 1. The molecule has 30 heavy (non-hydrogen) atoms. The largest absolute Gasteiger partial charge is 0.453 e. The maximum absolute atomic E-state index is 13.0. The van der Waals surface area contributed by atoms with Gasteiger partial charge < -0.3 is 4.90 Å². The van der Waals surface area contributed by atoms with E-state index in [-0.39, 0.29) is 42.5 Å². The number of nitriles is 1. The van der Waals surface area contributed by atoms with Crippen molar-refractivity contribution in [2.75, 3.05) is 31.1 Å². The van der Waals surface area contributed by atoms with E-state index in [9.17, 15) is 21.6 Å². The van der Waals surface area contributed by atoms with Crippen molar-refractivity contribution in [1.29, 1.82) is 5.26 Å². The van der Waals surface area contributed by atoms with Crippen LogP contribution >= 0.6 is 0 Å². The van der Waals surface area contributed by atoms with E-state index in [1.165, 1.54) is 40.7 Å². The number of anilines is 1. The van der Waals surface area contributed by atoms with Crippen LogP contribution in [0.15, 0.2) is 41.3 Å². The fourth-order valence-corrected chi connectivity index (χ4v) is 4.55. The van der Waals surface area contributed by atoms with Crippen molar-refractivity contribution in [1.82, 2.24) is 24.1 Å². The zero-order valence-corrected chi connectivity index (χ0v) is 16.1. The quantitative estimate of drug-likeness (QED) is 0.611. The molecule has 1 saturated heterocycles. The topological polar surface area (TPSA) is 107 Å². The summed E-state index contributed by atoms with van der Waals surface area (Å²) < 4.78 is 66.7. The molecule has 1 aliphatic heterocycles. The van der Waals surface area contributed by atoms with E-state index in [2.05, 4.69) is 15.3 Å². The minimum Gasteiger partial charge on any atom is -0.353 e. The summed E-state index contributed by atoms with van der Waals surface area (Å²) in [5, 5.41) is 19.4. The summed E-state index contributed by atoms with van der Waals surface area (Å²) in [6, 6.07) is 10.4. The summed E-state index contributed by atoms with van der Waals surface area (Å²) in [5.74, 6) is -0.954. The van der Waals surface area contributed by atoms with E-state index in [0.29, 0.717) is 10.1 Å². The van der Waals surface area contributed by atoms with Crippen LogP contribution in [0.1, 0.15) is 11.4 Å². The molecule has 0 radical (unpaired) electrons. The predicted molar refractivity (Wildman–Crippen MR) is 97.9 cm³/mol. The fourth-order valence-electron chi connectivity index (χ4n) is 3.13. The second-order valence-corrected chi connectivity index (χ2v) is 8.45. The number of benzene rings is 1. The summed E-state index contributed by atoms with van der Waals surface area (Å²) in [6.07, 6.45) is -4.70. The summed E-state index contributed by atoms with van der Waals surface area (Å²) in [6.45, 7) is 0.766. The molecule has 0 saturated carbocycles. The highest BCUT2D eigenvalue weighted by atomic mass is 32.2.